The van der Waals surface area contributed by atoms with Gasteiger partial charge >= 0.3 is 5.97 Å². The predicted molar refractivity (Wildman–Crippen MR) is 80.5 cm³/mol. The van der Waals surface area contributed by atoms with Gasteiger partial charge in [0.15, 0.2) is 0 Å². The number of hydrogen-bond acceptors (Lipinski definition) is 3. The van der Waals surface area contributed by atoms with Crippen molar-refractivity contribution in [3.8, 4) is 0 Å². The average molecular weight is 352 g/mol. The third kappa shape index (κ3) is 3.72. The van der Waals surface area contributed by atoms with Crippen LogP contribution < -0.4 is 5.32 Å². The molecule has 2 aromatic rings. The molecule has 1 aromatic carbocycles. The first-order valence-electron chi connectivity index (χ1n) is 6.25. The second kappa shape index (κ2) is 6.13. The number of aromatic carboxylic acids is 1. The number of carbonyl (C=O) groups is 2. The molecule has 5 nitrogen and oxygen atoms in total. The molecule has 110 valence electrons. The first-order valence-corrected chi connectivity index (χ1v) is 7.04. The highest BCUT2D eigenvalue weighted by atomic mass is 79.9. The van der Waals surface area contributed by atoms with E-state index in [1.807, 2.05) is 13.0 Å². The molecule has 0 spiro atoms. The van der Waals surface area contributed by atoms with Gasteiger partial charge in [-0.05, 0) is 43.7 Å². The second-order valence-corrected chi connectivity index (χ2v) is 5.60. The van der Waals surface area contributed by atoms with Crippen molar-refractivity contribution in [3.05, 3.63) is 56.9 Å². The Balaban J connectivity index is 2.07. The number of hydrogen-bond donors (Lipinski definition) is 2. The molecular weight excluding hydrogens is 338 g/mol. The third-order valence-electron chi connectivity index (χ3n) is 2.93. The van der Waals surface area contributed by atoms with E-state index in [0.717, 1.165) is 10.0 Å². The highest BCUT2D eigenvalue weighted by molar-refractivity contribution is 9.10. The van der Waals surface area contributed by atoms with Crippen LogP contribution in [0.25, 0.3) is 0 Å². The van der Waals surface area contributed by atoms with Gasteiger partial charge in [-0.1, -0.05) is 15.9 Å². The van der Waals surface area contributed by atoms with Crippen molar-refractivity contribution in [1.29, 1.82) is 0 Å². The van der Waals surface area contributed by atoms with E-state index in [9.17, 15) is 9.59 Å². The lowest BCUT2D eigenvalue weighted by molar-refractivity contribution is 0.0694. The molecule has 1 heterocycles. The molecule has 0 atom stereocenters. The van der Waals surface area contributed by atoms with Crippen LogP contribution in [0.1, 0.15) is 37.8 Å². The largest absolute Gasteiger partial charge is 0.478 e. The summed E-state index contributed by atoms with van der Waals surface area (Å²) in [6, 6.07) is 6.82. The summed E-state index contributed by atoms with van der Waals surface area (Å²) >= 11 is 3.34. The minimum absolute atomic E-state index is 0.109. The van der Waals surface area contributed by atoms with Gasteiger partial charge in [-0.3, -0.25) is 4.79 Å². The molecule has 1 aromatic heterocycles. The molecule has 6 heteroatoms. The molecule has 0 bridgehead atoms. The van der Waals surface area contributed by atoms with Crippen molar-refractivity contribution in [3.63, 3.8) is 0 Å². The molecule has 0 aliphatic heterocycles. The molecule has 0 aliphatic carbocycles. The minimum Gasteiger partial charge on any atom is -0.478 e. The lowest BCUT2D eigenvalue weighted by Crippen LogP contribution is -2.22. The highest BCUT2D eigenvalue weighted by Gasteiger charge is 2.14. The molecule has 2 N–H and O–H groups in total. The van der Waals surface area contributed by atoms with Crippen molar-refractivity contribution >= 4 is 27.8 Å². The molecular formula is C15H14BrNO4. The molecule has 1 amide bonds. The number of carboxylic acid groups (broad SMARTS) is 1. The molecule has 2 rings (SSSR count). The summed E-state index contributed by atoms with van der Waals surface area (Å²) in [4.78, 5) is 23.0. The van der Waals surface area contributed by atoms with Crippen LogP contribution in [-0.4, -0.2) is 17.0 Å². The van der Waals surface area contributed by atoms with Crippen LogP contribution in [-0.2, 0) is 6.54 Å². The smallest absolute Gasteiger partial charge is 0.339 e. The fraction of sp³-hybridized carbons (Fsp3) is 0.200. The van der Waals surface area contributed by atoms with Crippen LogP contribution >= 0.6 is 15.9 Å². The molecule has 0 fully saturated rings. The van der Waals surface area contributed by atoms with Crippen molar-refractivity contribution < 1.29 is 19.1 Å². The number of benzene rings is 1. The summed E-state index contributed by atoms with van der Waals surface area (Å²) in [5.74, 6) is -0.559. The van der Waals surface area contributed by atoms with Crippen LogP contribution in [0.5, 0.6) is 0 Å². The Bertz CT molecular complexity index is 685. The van der Waals surface area contributed by atoms with Gasteiger partial charge in [-0.2, -0.15) is 0 Å². The summed E-state index contributed by atoms with van der Waals surface area (Å²) in [5, 5.41) is 11.6. The van der Waals surface area contributed by atoms with Crippen molar-refractivity contribution in [2.75, 3.05) is 0 Å². The zero-order chi connectivity index (χ0) is 15.6. The zero-order valence-electron chi connectivity index (χ0n) is 11.6. The van der Waals surface area contributed by atoms with E-state index in [1.165, 1.54) is 6.07 Å². The number of carbonyl (C=O) groups excluding carboxylic acids is 1. The van der Waals surface area contributed by atoms with Gasteiger partial charge in [-0.15, -0.1) is 0 Å². The summed E-state index contributed by atoms with van der Waals surface area (Å²) in [7, 11) is 0. The van der Waals surface area contributed by atoms with Gasteiger partial charge in [0.05, 0.1) is 6.54 Å². The lowest BCUT2D eigenvalue weighted by atomic mass is 10.1. The van der Waals surface area contributed by atoms with E-state index in [1.54, 1.807) is 19.1 Å². The molecule has 0 saturated carbocycles. The summed E-state index contributed by atoms with van der Waals surface area (Å²) in [6.07, 6.45) is 0. The Hall–Kier alpha value is -2.08. The van der Waals surface area contributed by atoms with Gasteiger partial charge in [-0.25, -0.2) is 4.79 Å². The maximum absolute atomic E-state index is 12.1. The first-order chi connectivity index (χ1) is 9.86. The third-order valence-corrected chi connectivity index (χ3v) is 3.38. The Kier molecular flexibility index (Phi) is 4.47. The summed E-state index contributed by atoms with van der Waals surface area (Å²) in [5.41, 5.74) is 1.61. The van der Waals surface area contributed by atoms with Crippen molar-refractivity contribution in [2.24, 2.45) is 0 Å². The topological polar surface area (TPSA) is 79.5 Å². The lowest BCUT2D eigenvalue weighted by Gasteiger charge is -2.05. The Morgan fingerprint density at radius 2 is 1.95 bits per heavy atom. The van der Waals surface area contributed by atoms with Gasteiger partial charge < -0.3 is 14.8 Å². The standard InChI is InChI=1S/C15H14BrNO4/c1-8-3-10(5-11(16)4-8)14(18)17-7-12-6-13(15(19)20)9(2)21-12/h3-6H,7H2,1-2H3,(H,17,18)(H,19,20). The summed E-state index contributed by atoms with van der Waals surface area (Å²) < 4.78 is 6.13. The van der Waals surface area contributed by atoms with Crippen LogP contribution in [0.15, 0.2) is 33.2 Å². The number of furan rings is 1. The molecule has 0 aliphatic rings. The molecule has 0 saturated heterocycles. The fourth-order valence-corrected chi connectivity index (χ4v) is 2.59. The highest BCUT2D eigenvalue weighted by Crippen LogP contribution is 2.17. The Labute approximate surface area is 130 Å². The number of carboxylic acids is 1. The SMILES string of the molecule is Cc1cc(Br)cc(C(=O)NCc2cc(C(=O)O)c(C)o2)c1. The van der Waals surface area contributed by atoms with E-state index in [2.05, 4.69) is 21.2 Å². The Morgan fingerprint density at radius 1 is 1.24 bits per heavy atom. The van der Waals surface area contributed by atoms with Crippen molar-refractivity contribution in [1.82, 2.24) is 5.32 Å². The van der Waals surface area contributed by atoms with Crippen LogP contribution in [0.3, 0.4) is 0 Å². The molecule has 0 radical (unpaired) electrons. The summed E-state index contributed by atoms with van der Waals surface area (Å²) in [6.45, 7) is 3.61. The van der Waals surface area contributed by atoms with Gasteiger partial charge in [0.1, 0.15) is 17.1 Å². The quantitative estimate of drug-likeness (QED) is 0.885. The van der Waals surface area contributed by atoms with E-state index >= 15 is 0 Å². The van der Waals surface area contributed by atoms with E-state index in [0.29, 0.717) is 17.1 Å². The van der Waals surface area contributed by atoms with E-state index in [4.69, 9.17) is 9.52 Å². The molecule has 0 unspecified atom stereocenters. The van der Waals surface area contributed by atoms with Crippen LogP contribution in [0.4, 0.5) is 0 Å². The second-order valence-electron chi connectivity index (χ2n) is 4.69. The number of nitrogens with one attached hydrogen (secondary N) is 1. The fourth-order valence-electron chi connectivity index (χ4n) is 1.98. The van der Waals surface area contributed by atoms with Crippen LogP contribution in [0, 0.1) is 13.8 Å². The maximum Gasteiger partial charge on any atom is 0.339 e. The monoisotopic (exact) mass is 351 g/mol. The van der Waals surface area contributed by atoms with Crippen molar-refractivity contribution in [2.45, 2.75) is 20.4 Å². The minimum atomic E-state index is -1.04. The number of halogens is 1. The first kappa shape index (κ1) is 15.3. The van der Waals surface area contributed by atoms with Gasteiger partial charge in [0.2, 0.25) is 0 Å². The van der Waals surface area contributed by atoms with E-state index in [-0.39, 0.29) is 18.0 Å². The maximum atomic E-state index is 12.1. The Morgan fingerprint density at radius 3 is 2.52 bits per heavy atom. The number of aryl methyl sites for hydroxylation is 2. The average Bonchev–Trinajstić information content (AvgIpc) is 2.76. The normalized spacial score (nSPS) is 10.4. The predicted octanol–water partition coefficient (Wildman–Crippen LogP) is 3.29. The van der Waals surface area contributed by atoms with Gasteiger partial charge in [0, 0.05) is 10.0 Å². The number of amides is 1. The van der Waals surface area contributed by atoms with Crippen LogP contribution in [0.2, 0.25) is 0 Å². The number of rotatable bonds is 4. The van der Waals surface area contributed by atoms with Gasteiger partial charge in [0.25, 0.3) is 5.91 Å². The zero-order valence-corrected chi connectivity index (χ0v) is 13.2. The molecule has 21 heavy (non-hydrogen) atoms. The van der Waals surface area contributed by atoms with E-state index < -0.39 is 5.97 Å².